The summed E-state index contributed by atoms with van der Waals surface area (Å²) in [5.74, 6) is -2.25. The molecule has 1 aromatic carbocycles. The second-order valence-corrected chi connectivity index (χ2v) is 5.17. The molecule has 0 aromatic heterocycles. The molecule has 0 saturated heterocycles. The molecule has 0 bridgehead atoms. The van der Waals surface area contributed by atoms with Crippen LogP contribution in [0.1, 0.15) is 0 Å². The van der Waals surface area contributed by atoms with E-state index in [1.807, 2.05) is 0 Å². The van der Waals surface area contributed by atoms with Gasteiger partial charge in [-0.3, -0.25) is 0 Å². The Morgan fingerprint density at radius 2 is 1.83 bits per heavy atom. The average molecular weight is 364 g/mol. The lowest BCUT2D eigenvalue weighted by molar-refractivity contribution is -0.140. The molecule has 124 valence electrons. The topological polar surface area (TPSA) is 65.1 Å². The Kier molecular flexibility index (Phi) is 5.46. The quantitative estimate of drug-likeness (QED) is 0.607. The molecule has 0 saturated carbocycles. The first-order valence-electron chi connectivity index (χ1n) is 6.30. The number of nitrogens with zero attached hydrogens (tertiary/aromatic N) is 1. The van der Waals surface area contributed by atoms with Gasteiger partial charge in [0.05, 0.1) is 42.1 Å². The molecular weight excluding hydrogens is 352 g/mol. The van der Waals surface area contributed by atoms with E-state index in [1.54, 1.807) is 0 Å². The second-order valence-electron chi connectivity index (χ2n) is 4.41. The molecule has 1 aromatic rings. The van der Waals surface area contributed by atoms with Gasteiger partial charge in [-0.25, -0.2) is 14.0 Å². The van der Waals surface area contributed by atoms with Crippen molar-refractivity contribution >= 4 is 40.8 Å². The Hall–Kier alpha value is -1.83. The van der Waals surface area contributed by atoms with Crippen molar-refractivity contribution in [1.29, 1.82) is 0 Å². The SMILES string of the molecule is COC(=O)C1=C(C(=O)OC)N(c2ccc(F)c(Cl)c2Cl)COC1. The summed E-state index contributed by atoms with van der Waals surface area (Å²) in [5, 5.41) is -0.429. The number of rotatable bonds is 3. The maximum atomic E-state index is 13.5. The fourth-order valence-corrected chi connectivity index (χ4v) is 2.47. The number of anilines is 1. The molecule has 0 amide bonds. The minimum atomic E-state index is -0.787. The smallest absolute Gasteiger partial charge is 0.355 e. The minimum Gasteiger partial charge on any atom is -0.466 e. The van der Waals surface area contributed by atoms with Crippen LogP contribution in [-0.4, -0.2) is 39.5 Å². The van der Waals surface area contributed by atoms with Gasteiger partial charge in [-0.1, -0.05) is 23.2 Å². The van der Waals surface area contributed by atoms with Gasteiger partial charge >= 0.3 is 11.9 Å². The van der Waals surface area contributed by atoms with Gasteiger partial charge in [0.1, 0.15) is 18.2 Å². The number of hydrogen-bond donors (Lipinski definition) is 0. The Bertz CT molecular complexity index is 692. The van der Waals surface area contributed by atoms with Crippen LogP contribution in [0.4, 0.5) is 10.1 Å². The molecule has 1 aliphatic heterocycles. The van der Waals surface area contributed by atoms with Gasteiger partial charge < -0.3 is 19.1 Å². The normalized spacial score (nSPS) is 14.7. The minimum absolute atomic E-state index is 0.0397. The molecule has 0 radical (unpaired) electrons. The second kappa shape index (κ2) is 7.16. The van der Waals surface area contributed by atoms with E-state index in [9.17, 15) is 14.0 Å². The Morgan fingerprint density at radius 3 is 2.43 bits per heavy atom. The number of carbonyl (C=O) groups excluding carboxylic acids is 2. The van der Waals surface area contributed by atoms with Crippen LogP contribution in [0.2, 0.25) is 10.0 Å². The highest BCUT2D eigenvalue weighted by Gasteiger charge is 2.33. The van der Waals surface area contributed by atoms with Gasteiger partial charge in [-0.2, -0.15) is 0 Å². The summed E-state index contributed by atoms with van der Waals surface area (Å²) in [4.78, 5) is 25.2. The van der Waals surface area contributed by atoms with Gasteiger partial charge in [0.15, 0.2) is 0 Å². The number of benzene rings is 1. The van der Waals surface area contributed by atoms with E-state index in [0.717, 1.165) is 13.2 Å². The molecule has 9 heteroatoms. The first-order chi connectivity index (χ1) is 10.9. The maximum Gasteiger partial charge on any atom is 0.355 e. The largest absolute Gasteiger partial charge is 0.466 e. The summed E-state index contributed by atoms with van der Waals surface area (Å²) in [5.41, 5.74) is 0.0526. The van der Waals surface area contributed by atoms with Gasteiger partial charge in [-0.15, -0.1) is 0 Å². The first kappa shape index (κ1) is 17.5. The zero-order valence-corrected chi connectivity index (χ0v) is 13.7. The maximum absolute atomic E-state index is 13.5. The molecule has 0 aliphatic carbocycles. The predicted molar refractivity (Wildman–Crippen MR) is 80.8 cm³/mol. The van der Waals surface area contributed by atoms with Crippen LogP contribution < -0.4 is 4.90 Å². The zero-order chi connectivity index (χ0) is 17.1. The standard InChI is InChI=1S/C14H12Cl2FNO5/c1-21-13(19)7-5-23-6-18(12(7)14(20)22-2)9-4-3-8(17)10(15)11(9)16/h3-4H,5-6H2,1-2H3. The van der Waals surface area contributed by atoms with Crippen LogP contribution in [0, 0.1) is 5.82 Å². The van der Waals surface area contributed by atoms with E-state index < -0.39 is 17.8 Å². The van der Waals surface area contributed by atoms with Crippen LogP contribution in [0.3, 0.4) is 0 Å². The van der Waals surface area contributed by atoms with E-state index in [1.165, 1.54) is 18.1 Å². The summed E-state index contributed by atoms with van der Waals surface area (Å²) in [6.45, 7) is -0.243. The third-order valence-electron chi connectivity index (χ3n) is 3.14. The highest BCUT2D eigenvalue weighted by atomic mass is 35.5. The van der Waals surface area contributed by atoms with Crippen LogP contribution in [0.25, 0.3) is 0 Å². The Morgan fingerprint density at radius 1 is 1.17 bits per heavy atom. The number of methoxy groups -OCH3 is 2. The third kappa shape index (κ3) is 3.26. The van der Waals surface area contributed by atoms with E-state index in [-0.39, 0.29) is 40.3 Å². The summed E-state index contributed by atoms with van der Waals surface area (Å²) in [6, 6.07) is 2.40. The van der Waals surface area contributed by atoms with Gasteiger partial charge in [0, 0.05) is 0 Å². The summed E-state index contributed by atoms with van der Waals surface area (Å²) < 4.78 is 28.1. The average Bonchev–Trinajstić information content (AvgIpc) is 2.57. The van der Waals surface area contributed by atoms with Crippen molar-refractivity contribution in [3.63, 3.8) is 0 Å². The summed E-state index contributed by atoms with van der Waals surface area (Å²) in [6.07, 6.45) is 0. The van der Waals surface area contributed by atoms with Crippen molar-refractivity contribution in [3.05, 3.63) is 39.3 Å². The van der Waals surface area contributed by atoms with Crippen molar-refractivity contribution in [2.75, 3.05) is 32.5 Å². The molecular formula is C14H12Cl2FNO5. The molecule has 0 spiro atoms. The lowest BCUT2D eigenvalue weighted by Crippen LogP contribution is -2.39. The Balaban J connectivity index is 2.62. The number of halogens is 3. The first-order valence-corrected chi connectivity index (χ1v) is 7.06. The molecule has 0 atom stereocenters. The van der Waals surface area contributed by atoms with Crippen molar-refractivity contribution in [2.24, 2.45) is 0 Å². The molecule has 0 fully saturated rings. The fourth-order valence-electron chi connectivity index (χ4n) is 2.06. The highest BCUT2D eigenvalue weighted by molar-refractivity contribution is 6.44. The van der Waals surface area contributed by atoms with Gasteiger partial charge in [0.25, 0.3) is 0 Å². The monoisotopic (exact) mass is 363 g/mol. The highest BCUT2D eigenvalue weighted by Crippen LogP contribution is 2.37. The van der Waals surface area contributed by atoms with Crippen LogP contribution in [0.5, 0.6) is 0 Å². The van der Waals surface area contributed by atoms with Crippen LogP contribution >= 0.6 is 23.2 Å². The van der Waals surface area contributed by atoms with E-state index in [2.05, 4.69) is 4.74 Å². The van der Waals surface area contributed by atoms with Crippen LogP contribution in [-0.2, 0) is 23.8 Å². The van der Waals surface area contributed by atoms with Crippen molar-refractivity contribution in [3.8, 4) is 0 Å². The van der Waals surface area contributed by atoms with Gasteiger partial charge in [0.2, 0.25) is 0 Å². The van der Waals surface area contributed by atoms with Crippen molar-refractivity contribution in [2.45, 2.75) is 0 Å². The molecule has 1 aliphatic rings. The van der Waals surface area contributed by atoms with E-state index in [4.69, 9.17) is 32.7 Å². The lowest BCUT2D eigenvalue weighted by atomic mass is 10.1. The molecule has 1 heterocycles. The van der Waals surface area contributed by atoms with Crippen LogP contribution in [0.15, 0.2) is 23.4 Å². The lowest BCUT2D eigenvalue weighted by Gasteiger charge is -2.32. The number of esters is 2. The Labute approximate surface area is 141 Å². The summed E-state index contributed by atoms with van der Waals surface area (Å²) >= 11 is 11.8. The molecule has 23 heavy (non-hydrogen) atoms. The number of hydrogen-bond acceptors (Lipinski definition) is 6. The fraction of sp³-hybridized carbons (Fsp3) is 0.286. The molecule has 2 rings (SSSR count). The molecule has 0 N–H and O–H groups in total. The molecule has 6 nitrogen and oxygen atoms in total. The van der Waals surface area contributed by atoms with Gasteiger partial charge in [-0.05, 0) is 12.1 Å². The van der Waals surface area contributed by atoms with E-state index >= 15 is 0 Å². The van der Waals surface area contributed by atoms with Crippen molar-refractivity contribution < 1.29 is 28.2 Å². The predicted octanol–water partition coefficient (Wildman–Crippen LogP) is 2.53. The number of ether oxygens (including phenoxy) is 3. The molecule has 0 unspecified atom stereocenters. The number of carbonyl (C=O) groups is 2. The zero-order valence-electron chi connectivity index (χ0n) is 12.2. The van der Waals surface area contributed by atoms with Crippen molar-refractivity contribution in [1.82, 2.24) is 0 Å². The van der Waals surface area contributed by atoms with E-state index in [0.29, 0.717) is 0 Å². The third-order valence-corrected chi connectivity index (χ3v) is 3.99. The summed E-state index contributed by atoms with van der Waals surface area (Å²) in [7, 11) is 2.34.